The summed E-state index contributed by atoms with van der Waals surface area (Å²) in [5.74, 6) is 0. The van der Waals surface area contributed by atoms with Crippen molar-refractivity contribution in [3.05, 3.63) is 81.2 Å². The van der Waals surface area contributed by atoms with Crippen LogP contribution in [0.25, 0.3) is 11.4 Å². The van der Waals surface area contributed by atoms with Gasteiger partial charge in [-0.25, -0.2) is 13.7 Å². The van der Waals surface area contributed by atoms with Crippen molar-refractivity contribution >= 4 is 7.69 Å². The van der Waals surface area contributed by atoms with Crippen LogP contribution in [0.4, 0.5) is 0 Å². The smallest absolute Gasteiger partial charge is 0.262 e. The molecule has 0 aliphatic heterocycles. The molecule has 0 bridgehead atoms. The van der Waals surface area contributed by atoms with E-state index in [1.807, 2.05) is 55.2 Å². The number of nitrogens with zero attached hydrogens (tertiary/aromatic N) is 2. The standard InChI is InChI=1S/C15H13N2O2P/c1-20-15(19)16(12-8-4-2-5-9-12)14(18)17(20)13-10-6-3-7-11-13/h2-11H,1H3. The Bertz CT molecular complexity index is 845. The predicted molar refractivity (Wildman–Crippen MR) is 81.3 cm³/mol. The summed E-state index contributed by atoms with van der Waals surface area (Å²) >= 11 is 0. The Morgan fingerprint density at radius 1 is 0.800 bits per heavy atom. The third-order valence-electron chi connectivity index (χ3n) is 3.16. The van der Waals surface area contributed by atoms with Gasteiger partial charge in [0.25, 0.3) is 5.29 Å². The third-order valence-corrected chi connectivity index (χ3v) is 4.91. The highest BCUT2D eigenvalue weighted by Gasteiger charge is 2.16. The third kappa shape index (κ3) is 1.95. The summed E-state index contributed by atoms with van der Waals surface area (Å²) in [5.41, 5.74) is 1.11. The van der Waals surface area contributed by atoms with E-state index < -0.39 is 7.69 Å². The van der Waals surface area contributed by atoms with Gasteiger partial charge in [-0.15, -0.1) is 0 Å². The van der Waals surface area contributed by atoms with Crippen molar-refractivity contribution in [2.45, 2.75) is 0 Å². The molecule has 0 N–H and O–H groups in total. The molecule has 0 fully saturated rings. The molecule has 100 valence electrons. The van der Waals surface area contributed by atoms with E-state index in [4.69, 9.17) is 0 Å². The number of benzene rings is 2. The van der Waals surface area contributed by atoms with E-state index in [-0.39, 0.29) is 11.0 Å². The fourth-order valence-electron chi connectivity index (χ4n) is 2.19. The van der Waals surface area contributed by atoms with Crippen LogP contribution >= 0.6 is 7.69 Å². The molecule has 0 spiro atoms. The van der Waals surface area contributed by atoms with E-state index in [9.17, 15) is 9.59 Å². The first kappa shape index (κ1) is 12.7. The van der Waals surface area contributed by atoms with E-state index >= 15 is 0 Å². The van der Waals surface area contributed by atoms with Crippen LogP contribution in [0.15, 0.2) is 70.3 Å². The zero-order valence-electron chi connectivity index (χ0n) is 10.9. The molecule has 1 unspecified atom stereocenters. The van der Waals surface area contributed by atoms with E-state index in [0.717, 1.165) is 5.69 Å². The molecule has 20 heavy (non-hydrogen) atoms. The highest BCUT2D eigenvalue weighted by Crippen LogP contribution is 2.20. The fraction of sp³-hybridized carbons (Fsp3) is 0.0667. The van der Waals surface area contributed by atoms with Gasteiger partial charge in [-0.2, -0.15) is 0 Å². The molecule has 3 aromatic rings. The van der Waals surface area contributed by atoms with Crippen molar-refractivity contribution in [2.24, 2.45) is 6.66 Å². The molecule has 2 aromatic carbocycles. The molecule has 0 aliphatic carbocycles. The van der Waals surface area contributed by atoms with Crippen molar-refractivity contribution in [1.29, 1.82) is 0 Å². The van der Waals surface area contributed by atoms with Gasteiger partial charge in [-0.3, -0.25) is 4.79 Å². The molecule has 1 heterocycles. The second-order valence-corrected chi connectivity index (χ2v) is 6.24. The van der Waals surface area contributed by atoms with Gasteiger partial charge in [0, 0.05) is 7.69 Å². The minimum atomic E-state index is -1.20. The van der Waals surface area contributed by atoms with Gasteiger partial charge in [0.15, 0.2) is 0 Å². The largest absolute Gasteiger partial charge is 0.343 e. The molecule has 4 nitrogen and oxygen atoms in total. The Balaban J connectivity index is 2.32. The van der Waals surface area contributed by atoms with Gasteiger partial charge in [0.05, 0.1) is 11.4 Å². The maximum atomic E-state index is 12.6. The van der Waals surface area contributed by atoms with Gasteiger partial charge < -0.3 is 0 Å². The summed E-state index contributed by atoms with van der Waals surface area (Å²) in [7, 11) is -1.20. The molecular formula is C15H13N2O2P. The van der Waals surface area contributed by atoms with Gasteiger partial charge in [-0.1, -0.05) is 36.4 Å². The summed E-state index contributed by atoms with van der Waals surface area (Å²) in [6.07, 6.45) is 0. The molecule has 0 aliphatic rings. The Labute approximate surface area is 116 Å². The lowest BCUT2D eigenvalue weighted by Gasteiger charge is -2.02. The minimum Gasteiger partial charge on any atom is -0.262 e. The quantitative estimate of drug-likeness (QED) is 0.725. The zero-order valence-corrected chi connectivity index (χ0v) is 11.8. The zero-order chi connectivity index (χ0) is 14.1. The molecule has 1 aromatic heterocycles. The number of rotatable bonds is 2. The fourth-order valence-corrected chi connectivity index (χ4v) is 3.67. The van der Waals surface area contributed by atoms with Crippen LogP contribution < -0.4 is 11.0 Å². The maximum absolute atomic E-state index is 12.6. The minimum absolute atomic E-state index is 0.139. The van der Waals surface area contributed by atoms with Crippen LogP contribution in [0, 0.1) is 0 Å². The highest BCUT2D eigenvalue weighted by atomic mass is 31.1. The monoisotopic (exact) mass is 284 g/mol. The number of para-hydroxylation sites is 2. The summed E-state index contributed by atoms with van der Waals surface area (Å²) in [5, 5.41) is -0.139. The first-order valence-electron chi connectivity index (χ1n) is 6.22. The number of aromatic nitrogens is 2. The Morgan fingerprint density at radius 2 is 1.30 bits per heavy atom. The molecule has 5 heteroatoms. The van der Waals surface area contributed by atoms with Crippen LogP contribution in [0.1, 0.15) is 0 Å². The first-order valence-corrected chi connectivity index (χ1v) is 7.96. The molecule has 0 saturated carbocycles. The molecule has 0 saturated heterocycles. The predicted octanol–water partition coefficient (Wildman–Crippen LogP) is 2.51. The van der Waals surface area contributed by atoms with Crippen molar-refractivity contribution in [1.82, 2.24) is 8.90 Å². The first-order chi connectivity index (χ1) is 9.70. The van der Waals surface area contributed by atoms with Crippen molar-refractivity contribution < 1.29 is 0 Å². The molecule has 0 amide bonds. The highest BCUT2D eigenvalue weighted by molar-refractivity contribution is 7.43. The lowest BCUT2D eigenvalue weighted by atomic mass is 10.3. The van der Waals surface area contributed by atoms with Crippen LogP contribution in [-0.4, -0.2) is 8.90 Å². The van der Waals surface area contributed by atoms with Gasteiger partial charge in [0.2, 0.25) is 0 Å². The van der Waals surface area contributed by atoms with Crippen molar-refractivity contribution in [3.8, 4) is 11.4 Å². The Hall–Kier alpha value is -2.32. The summed E-state index contributed by atoms with van der Waals surface area (Å²) in [6.45, 7) is 1.81. The normalized spacial score (nSPS) is 11.6. The van der Waals surface area contributed by atoms with Crippen molar-refractivity contribution in [3.63, 3.8) is 0 Å². The second-order valence-electron chi connectivity index (χ2n) is 4.41. The Morgan fingerprint density at radius 3 is 1.85 bits per heavy atom. The van der Waals surface area contributed by atoms with Crippen LogP contribution in [0.3, 0.4) is 0 Å². The number of hydrogen-bond acceptors (Lipinski definition) is 2. The van der Waals surface area contributed by atoms with Gasteiger partial charge in [-0.05, 0) is 30.9 Å². The second kappa shape index (κ2) is 4.99. The molecule has 1 atom stereocenters. The molecule has 0 radical (unpaired) electrons. The average molecular weight is 284 g/mol. The topological polar surface area (TPSA) is 44.0 Å². The molecule has 3 rings (SSSR count). The van der Waals surface area contributed by atoms with Crippen LogP contribution in [0.2, 0.25) is 0 Å². The summed E-state index contributed by atoms with van der Waals surface area (Å²) in [6, 6.07) is 18.3. The van der Waals surface area contributed by atoms with E-state index in [1.54, 1.807) is 16.5 Å². The average Bonchev–Trinajstić information content (AvgIpc) is 2.71. The maximum Gasteiger partial charge on any atom is 0.343 e. The van der Waals surface area contributed by atoms with Crippen LogP contribution in [0.5, 0.6) is 0 Å². The lowest BCUT2D eigenvalue weighted by Crippen LogP contribution is -2.26. The SMILES string of the molecule is Cp1c(=O)n(-c2ccccc2)c(=O)n1-c1ccccc1. The summed E-state index contributed by atoms with van der Waals surface area (Å²) < 4.78 is 2.85. The molecular weight excluding hydrogens is 271 g/mol. The van der Waals surface area contributed by atoms with E-state index in [1.165, 1.54) is 4.57 Å². The summed E-state index contributed by atoms with van der Waals surface area (Å²) in [4.78, 5) is 25.0. The van der Waals surface area contributed by atoms with E-state index in [0.29, 0.717) is 5.69 Å². The van der Waals surface area contributed by atoms with Gasteiger partial charge >= 0.3 is 5.69 Å². The van der Waals surface area contributed by atoms with Crippen LogP contribution in [-0.2, 0) is 6.66 Å². The van der Waals surface area contributed by atoms with Gasteiger partial charge in [0.1, 0.15) is 0 Å². The van der Waals surface area contributed by atoms with E-state index in [2.05, 4.69) is 0 Å². The Kier molecular flexibility index (Phi) is 3.17. The lowest BCUT2D eigenvalue weighted by molar-refractivity contribution is 0.905. The number of hydrogen-bond donors (Lipinski definition) is 0. The van der Waals surface area contributed by atoms with Crippen molar-refractivity contribution in [2.75, 3.05) is 0 Å².